The van der Waals surface area contributed by atoms with E-state index < -0.39 is 0 Å². The largest absolute Gasteiger partial charge is 0.497 e. The van der Waals surface area contributed by atoms with E-state index in [2.05, 4.69) is 21.7 Å². The fraction of sp³-hybridized carbons (Fsp3) is 0.143. The van der Waals surface area contributed by atoms with Gasteiger partial charge in [0.25, 0.3) is 5.91 Å². The third-order valence-electron chi connectivity index (χ3n) is 3.94. The molecule has 5 nitrogen and oxygen atoms in total. The SMILES string of the molecule is COc1cccc(CCNc2ccc(NC(=O)c3cccnc3)cc2)c1. The van der Waals surface area contributed by atoms with Crippen molar-refractivity contribution in [2.75, 3.05) is 24.3 Å². The Morgan fingerprint density at radius 1 is 1.04 bits per heavy atom. The van der Waals surface area contributed by atoms with Crippen LogP contribution in [0.25, 0.3) is 0 Å². The maximum Gasteiger partial charge on any atom is 0.257 e. The zero-order valence-electron chi connectivity index (χ0n) is 14.6. The molecule has 0 bridgehead atoms. The van der Waals surface area contributed by atoms with Crippen LogP contribution in [0.2, 0.25) is 0 Å². The molecule has 0 aliphatic carbocycles. The summed E-state index contributed by atoms with van der Waals surface area (Å²) in [4.78, 5) is 16.1. The van der Waals surface area contributed by atoms with E-state index in [0.29, 0.717) is 5.56 Å². The molecule has 5 heteroatoms. The number of ether oxygens (including phenoxy) is 1. The first-order chi connectivity index (χ1) is 12.7. The van der Waals surface area contributed by atoms with Crippen molar-refractivity contribution >= 4 is 17.3 Å². The number of nitrogens with one attached hydrogen (secondary N) is 2. The molecule has 0 atom stereocenters. The zero-order chi connectivity index (χ0) is 18.2. The summed E-state index contributed by atoms with van der Waals surface area (Å²) < 4.78 is 5.24. The van der Waals surface area contributed by atoms with Crippen molar-refractivity contribution in [3.8, 4) is 5.75 Å². The molecule has 0 spiro atoms. The highest BCUT2D eigenvalue weighted by atomic mass is 16.5. The number of pyridine rings is 1. The minimum atomic E-state index is -0.170. The van der Waals surface area contributed by atoms with Gasteiger partial charge in [0.15, 0.2) is 0 Å². The highest BCUT2D eigenvalue weighted by Gasteiger charge is 2.05. The maximum absolute atomic E-state index is 12.1. The maximum atomic E-state index is 12.1. The van der Waals surface area contributed by atoms with Gasteiger partial charge >= 0.3 is 0 Å². The number of benzene rings is 2. The highest BCUT2D eigenvalue weighted by molar-refractivity contribution is 6.04. The van der Waals surface area contributed by atoms with E-state index >= 15 is 0 Å². The average Bonchev–Trinajstić information content (AvgIpc) is 2.70. The van der Waals surface area contributed by atoms with Gasteiger partial charge in [0.05, 0.1) is 12.7 Å². The van der Waals surface area contributed by atoms with Gasteiger partial charge in [-0.05, 0) is 60.5 Å². The van der Waals surface area contributed by atoms with Crippen LogP contribution < -0.4 is 15.4 Å². The lowest BCUT2D eigenvalue weighted by molar-refractivity contribution is 0.102. The molecule has 1 heterocycles. The first-order valence-electron chi connectivity index (χ1n) is 8.43. The third kappa shape index (κ3) is 4.83. The second-order valence-corrected chi connectivity index (χ2v) is 5.80. The number of nitrogens with zero attached hydrogens (tertiary/aromatic N) is 1. The molecule has 3 rings (SSSR count). The quantitative estimate of drug-likeness (QED) is 0.678. The van der Waals surface area contributed by atoms with E-state index in [1.54, 1.807) is 31.6 Å². The number of carbonyl (C=O) groups excluding carboxylic acids is 1. The second kappa shape index (κ2) is 8.67. The summed E-state index contributed by atoms with van der Waals surface area (Å²) in [7, 11) is 1.67. The van der Waals surface area contributed by atoms with Gasteiger partial charge in [-0.15, -0.1) is 0 Å². The minimum Gasteiger partial charge on any atom is -0.497 e. The summed E-state index contributed by atoms with van der Waals surface area (Å²) in [6, 6.07) is 19.2. The molecule has 2 aromatic carbocycles. The van der Waals surface area contributed by atoms with Crippen molar-refractivity contribution in [1.82, 2.24) is 4.98 Å². The Balaban J connectivity index is 1.50. The summed E-state index contributed by atoms with van der Waals surface area (Å²) in [5, 5.41) is 6.24. The van der Waals surface area contributed by atoms with Crippen LogP contribution >= 0.6 is 0 Å². The van der Waals surface area contributed by atoms with Crippen molar-refractivity contribution in [3.63, 3.8) is 0 Å². The lowest BCUT2D eigenvalue weighted by Gasteiger charge is -2.09. The van der Waals surface area contributed by atoms with Gasteiger partial charge in [-0.2, -0.15) is 0 Å². The fourth-order valence-electron chi connectivity index (χ4n) is 2.55. The van der Waals surface area contributed by atoms with Crippen LogP contribution in [-0.4, -0.2) is 24.5 Å². The van der Waals surface area contributed by atoms with Crippen LogP contribution in [0.5, 0.6) is 5.75 Å². The first-order valence-corrected chi connectivity index (χ1v) is 8.43. The first kappa shape index (κ1) is 17.5. The Bertz CT molecular complexity index is 849. The standard InChI is InChI=1S/C21H21N3O2/c1-26-20-6-2-4-16(14-20)11-13-23-18-7-9-19(10-8-18)24-21(25)17-5-3-12-22-15-17/h2-10,12,14-15,23H,11,13H2,1H3,(H,24,25). The van der Waals surface area contributed by atoms with E-state index in [-0.39, 0.29) is 5.91 Å². The van der Waals surface area contributed by atoms with Gasteiger partial charge in [-0.25, -0.2) is 0 Å². The number of rotatable bonds is 7. The number of carbonyl (C=O) groups is 1. The molecule has 3 aromatic rings. The van der Waals surface area contributed by atoms with E-state index in [4.69, 9.17) is 4.74 Å². The topological polar surface area (TPSA) is 63.2 Å². The summed E-state index contributed by atoms with van der Waals surface area (Å²) in [6.45, 7) is 0.814. The number of aromatic nitrogens is 1. The van der Waals surface area contributed by atoms with Crippen molar-refractivity contribution in [2.24, 2.45) is 0 Å². The van der Waals surface area contributed by atoms with E-state index in [1.165, 1.54) is 5.56 Å². The molecule has 0 saturated heterocycles. The monoisotopic (exact) mass is 347 g/mol. The molecular formula is C21H21N3O2. The predicted molar refractivity (Wildman–Crippen MR) is 104 cm³/mol. The van der Waals surface area contributed by atoms with Gasteiger partial charge in [-0.1, -0.05) is 12.1 Å². The van der Waals surface area contributed by atoms with Crippen LogP contribution in [-0.2, 0) is 6.42 Å². The molecule has 0 aliphatic heterocycles. The van der Waals surface area contributed by atoms with Gasteiger partial charge in [-0.3, -0.25) is 9.78 Å². The fourth-order valence-corrected chi connectivity index (χ4v) is 2.55. The molecule has 0 fully saturated rings. The van der Waals surface area contributed by atoms with E-state index in [1.807, 2.05) is 42.5 Å². The van der Waals surface area contributed by atoms with Crippen molar-refractivity contribution in [2.45, 2.75) is 6.42 Å². The van der Waals surface area contributed by atoms with Crippen LogP contribution in [0.15, 0.2) is 73.1 Å². The third-order valence-corrected chi connectivity index (χ3v) is 3.94. The number of amides is 1. The molecule has 2 N–H and O–H groups in total. The Kier molecular flexibility index (Phi) is 5.83. The number of methoxy groups -OCH3 is 1. The Morgan fingerprint density at radius 2 is 1.85 bits per heavy atom. The van der Waals surface area contributed by atoms with Crippen LogP contribution in [0, 0.1) is 0 Å². The van der Waals surface area contributed by atoms with Gasteiger partial charge in [0, 0.05) is 30.3 Å². The van der Waals surface area contributed by atoms with E-state index in [0.717, 1.165) is 30.1 Å². The van der Waals surface area contributed by atoms with Crippen molar-refractivity contribution in [3.05, 3.63) is 84.2 Å². The van der Waals surface area contributed by atoms with Gasteiger partial charge in [0.2, 0.25) is 0 Å². The highest BCUT2D eigenvalue weighted by Crippen LogP contribution is 2.16. The molecule has 26 heavy (non-hydrogen) atoms. The molecule has 0 saturated carbocycles. The Hall–Kier alpha value is -3.34. The molecule has 0 unspecified atom stereocenters. The number of hydrogen-bond donors (Lipinski definition) is 2. The van der Waals surface area contributed by atoms with Gasteiger partial charge < -0.3 is 15.4 Å². The lowest BCUT2D eigenvalue weighted by atomic mass is 10.1. The van der Waals surface area contributed by atoms with Crippen molar-refractivity contribution in [1.29, 1.82) is 0 Å². The molecule has 132 valence electrons. The van der Waals surface area contributed by atoms with Crippen LogP contribution in [0.4, 0.5) is 11.4 Å². The number of anilines is 2. The molecule has 1 aromatic heterocycles. The zero-order valence-corrected chi connectivity index (χ0v) is 14.6. The van der Waals surface area contributed by atoms with Crippen molar-refractivity contribution < 1.29 is 9.53 Å². The lowest BCUT2D eigenvalue weighted by Crippen LogP contribution is -2.12. The minimum absolute atomic E-state index is 0.170. The summed E-state index contributed by atoms with van der Waals surface area (Å²) in [5.41, 5.74) is 3.51. The van der Waals surface area contributed by atoms with E-state index in [9.17, 15) is 4.79 Å². The normalized spacial score (nSPS) is 10.2. The van der Waals surface area contributed by atoms with Crippen LogP contribution in [0.3, 0.4) is 0 Å². The average molecular weight is 347 g/mol. The summed E-state index contributed by atoms with van der Waals surface area (Å²) >= 11 is 0. The molecular weight excluding hydrogens is 326 g/mol. The summed E-state index contributed by atoms with van der Waals surface area (Å²) in [5.74, 6) is 0.702. The molecule has 0 aliphatic rings. The smallest absolute Gasteiger partial charge is 0.257 e. The number of hydrogen-bond acceptors (Lipinski definition) is 4. The Labute approximate surface area is 153 Å². The molecule has 0 radical (unpaired) electrons. The molecule has 1 amide bonds. The van der Waals surface area contributed by atoms with Gasteiger partial charge in [0.1, 0.15) is 5.75 Å². The summed E-state index contributed by atoms with van der Waals surface area (Å²) in [6.07, 6.45) is 4.09. The Morgan fingerprint density at radius 3 is 2.58 bits per heavy atom. The predicted octanol–water partition coefficient (Wildman–Crippen LogP) is 4.00. The van der Waals surface area contributed by atoms with Crippen LogP contribution in [0.1, 0.15) is 15.9 Å². The second-order valence-electron chi connectivity index (χ2n) is 5.80.